The zero-order valence-electron chi connectivity index (χ0n) is 25.3. The van der Waals surface area contributed by atoms with Gasteiger partial charge < -0.3 is 4.74 Å². The molecule has 3 saturated carbocycles. The van der Waals surface area contributed by atoms with Gasteiger partial charge in [0.1, 0.15) is 10.9 Å². The van der Waals surface area contributed by atoms with Crippen molar-refractivity contribution in [1.82, 2.24) is 0 Å². The van der Waals surface area contributed by atoms with Gasteiger partial charge in [0.25, 0.3) is 0 Å². The molecule has 5 rings (SSSR count). The molecule has 0 amide bonds. The zero-order valence-corrected chi connectivity index (χ0v) is 26.8. The Labute approximate surface area is 247 Å². The molecule has 3 fully saturated rings. The lowest BCUT2D eigenvalue weighted by molar-refractivity contribution is -0.150. The number of fused-ring (bicyclic) bond motifs is 5. The molecule has 3 heteroatoms. The monoisotopic (exact) mass is 596 g/mol. The third-order valence-corrected chi connectivity index (χ3v) is 12.8. The molecule has 1 aromatic carbocycles. The molecule has 2 nitrogen and oxygen atoms in total. The first-order chi connectivity index (χ1) is 18.6. The van der Waals surface area contributed by atoms with Crippen LogP contribution in [0.4, 0.5) is 0 Å². The number of alkyl halides is 1. The van der Waals surface area contributed by atoms with Crippen LogP contribution in [0.5, 0.6) is 0 Å². The maximum atomic E-state index is 12.9. The molecule has 0 bridgehead atoms. The topological polar surface area (TPSA) is 26.3 Å². The number of ether oxygens (including phenoxy) is 1. The summed E-state index contributed by atoms with van der Waals surface area (Å²) in [7, 11) is 0. The van der Waals surface area contributed by atoms with E-state index in [1.165, 1.54) is 57.8 Å². The third-order valence-electron chi connectivity index (χ3n) is 12.1. The van der Waals surface area contributed by atoms with Crippen molar-refractivity contribution in [3.8, 4) is 0 Å². The molecular weight excluding hydrogens is 544 g/mol. The number of hydrogen-bond acceptors (Lipinski definition) is 2. The number of halogens is 1. The van der Waals surface area contributed by atoms with Crippen molar-refractivity contribution < 1.29 is 9.53 Å². The molecule has 4 aliphatic rings. The highest BCUT2D eigenvalue weighted by Crippen LogP contribution is 2.67. The minimum Gasteiger partial charge on any atom is -0.461 e. The van der Waals surface area contributed by atoms with Gasteiger partial charge in [0, 0.05) is 6.42 Å². The van der Waals surface area contributed by atoms with Crippen LogP contribution in [0.25, 0.3) is 0 Å². The molecule has 0 spiro atoms. The van der Waals surface area contributed by atoms with Crippen molar-refractivity contribution in [2.45, 2.75) is 123 Å². The predicted octanol–water partition coefficient (Wildman–Crippen LogP) is 9.95. The van der Waals surface area contributed by atoms with Crippen LogP contribution in [0.15, 0.2) is 42.0 Å². The number of hydrogen-bond donors (Lipinski definition) is 0. The highest BCUT2D eigenvalue weighted by molar-refractivity contribution is 9.10. The molecule has 0 N–H and O–H groups in total. The van der Waals surface area contributed by atoms with Crippen molar-refractivity contribution in [3.63, 3.8) is 0 Å². The molecule has 0 aliphatic heterocycles. The number of carbonyl (C=O) groups is 1. The molecule has 9 atom stereocenters. The first-order valence-electron chi connectivity index (χ1n) is 16.2. The van der Waals surface area contributed by atoms with Gasteiger partial charge in [0.2, 0.25) is 0 Å². The van der Waals surface area contributed by atoms with Gasteiger partial charge in [-0.1, -0.05) is 112 Å². The second-order valence-corrected chi connectivity index (χ2v) is 15.9. The van der Waals surface area contributed by atoms with Crippen LogP contribution >= 0.6 is 15.9 Å². The smallest absolute Gasteiger partial charge is 0.320 e. The molecule has 4 aliphatic carbocycles. The summed E-state index contributed by atoms with van der Waals surface area (Å²) in [5.41, 5.74) is 3.60. The summed E-state index contributed by atoms with van der Waals surface area (Å²) in [4.78, 5) is 12.7. The summed E-state index contributed by atoms with van der Waals surface area (Å²) in [6, 6.07) is 10.2. The second kappa shape index (κ2) is 12.0. The number of rotatable bonds is 9. The maximum absolute atomic E-state index is 12.9. The Kier molecular flexibility index (Phi) is 9.07. The van der Waals surface area contributed by atoms with Gasteiger partial charge >= 0.3 is 5.97 Å². The minimum absolute atomic E-state index is 0.0283. The lowest BCUT2D eigenvalue weighted by Gasteiger charge is -2.58. The Hall–Kier alpha value is -1.09. The number of allylic oxidation sites excluding steroid dienone is 1. The number of esters is 1. The maximum Gasteiger partial charge on any atom is 0.320 e. The van der Waals surface area contributed by atoms with E-state index in [1.807, 2.05) is 18.2 Å². The summed E-state index contributed by atoms with van der Waals surface area (Å²) < 4.78 is 6.10. The standard InChI is InChI=1S/C36H53BrO2/c1-24(2)10-9-11-25(3)30-16-17-31-29-15-14-27-23-28(18-20-35(27,4)32(29)19-21-36(30,31)5)39-34(38)33(37)22-26-12-7-6-8-13-26/h6-8,12-14,24-25,28-33H,9-11,15-23H2,1-5H3/t25-,28+,29?,30-,31?,32?,33?,35+,36-/m1/s1. The molecule has 0 radical (unpaired) electrons. The summed E-state index contributed by atoms with van der Waals surface area (Å²) >= 11 is 3.61. The van der Waals surface area contributed by atoms with E-state index in [9.17, 15) is 4.79 Å². The fourth-order valence-electron chi connectivity index (χ4n) is 9.90. The Morgan fingerprint density at radius 2 is 1.77 bits per heavy atom. The Balaban J connectivity index is 1.21. The predicted molar refractivity (Wildman–Crippen MR) is 166 cm³/mol. The lowest BCUT2D eigenvalue weighted by Crippen LogP contribution is -2.51. The summed E-state index contributed by atoms with van der Waals surface area (Å²) in [5.74, 6) is 5.06. The van der Waals surface area contributed by atoms with E-state index in [-0.39, 0.29) is 16.9 Å². The molecule has 39 heavy (non-hydrogen) atoms. The van der Waals surface area contributed by atoms with Crippen molar-refractivity contribution in [3.05, 3.63) is 47.5 Å². The molecule has 4 unspecified atom stereocenters. The summed E-state index contributed by atoms with van der Waals surface area (Å²) in [6.07, 6.45) is 17.6. The van der Waals surface area contributed by atoms with Crippen LogP contribution in [0.3, 0.4) is 0 Å². The van der Waals surface area contributed by atoms with Gasteiger partial charge in [-0.25, -0.2) is 0 Å². The SMILES string of the molecule is CC(C)CCC[C@@H](C)[C@H]1CCC2C3CC=C4C[C@@H](OC(=O)C(Br)Cc5ccccc5)CC[C@]4(C)C3CC[C@@]21C. The largest absolute Gasteiger partial charge is 0.461 e. The zero-order chi connectivity index (χ0) is 27.8. The van der Waals surface area contributed by atoms with Gasteiger partial charge in [-0.2, -0.15) is 0 Å². The average Bonchev–Trinajstić information content (AvgIpc) is 3.26. The molecule has 1 aromatic rings. The van der Waals surface area contributed by atoms with Crippen LogP contribution in [0, 0.1) is 46.3 Å². The molecule has 216 valence electrons. The first kappa shape index (κ1) is 29.4. The van der Waals surface area contributed by atoms with Crippen molar-refractivity contribution in [2.24, 2.45) is 46.3 Å². The summed E-state index contributed by atoms with van der Waals surface area (Å²) in [5, 5.41) is 0. The molecule has 0 heterocycles. The van der Waals surface area contributed by atoms with E-state index in [0.717, 1.165) is 53.9 Å². The molecular formula is C36H53BrO2. The van der Waals surface area contributed by atoms with E-state index in [4.69, 9.17) is 4.74 Å². The second-order valence-electron chi connectivity index (χ2n) is 14.7. The molecule has 0 aromatic heterocycles. The fraction of sp³-hybridized carbons (Fsp3) is 0.750. The van der Waals surface area contributed by atoms with E-state index in [1.54, 1.807) is 5.57 Å². The molecule has 0 saturated heterocycles. The Morgan fingerprint density at radius 1 is 1.00 bits per heavy atom. The van der Waals surface area contributed by atoms with Gasteiger partial charge in [0.05, 0.1) is 0 Å². The normalized spacial score (nSPS) is 37.3. The van der Waals surface area contributed by atoms with Crippen LogP contribution < -0.4 is 0 Å². The van der Waals surface area contributed by atoms with E-state index >= 15 is 0 Å². The van der Waals surface area contributed by atoms with E-state index in [2.05, 4.69) is 68.8 Å². The van der Waals surface area contributed by atoms with E-state index < -0.39 is 0 Å². The minimum atomic E-state index is -0.281. The van der Waals surface area contributed by atoms with Gasteiger partial charge in [-0.15, -0.1) is 0 Å². The van der Waals surface area contributed by atoms with Gasteiger partial charge in [-0.3, -0.25) is 4.79 Å². The van der Waals surface area contributed by atoms with Crippen LogP contribution in [0.1, 0.15) is 111 Å². The average molecular weight is 598 g/mol. The first-order valence-corrected chi connectivity index (χ1v) is 17.1. The Morgan fingerprint density at radius 3 is 2.51 bits per heavy atom. The van der Waals surface area contributed by atoms with Crippen LogP contribution in [0.2, 0.25) is 0 Å². The van der Waals surface area contributed by atoms with Crippen molar-refractivity contribution >= 4 is 21.9 Å². The number of benzene rings is 1. The highest BCUT2D eigenvalue weighted by atomic mass is 79.9. The van der Waals surface area contributed by atoms with Gasteiger partial charge in [0.15, 0.2) is 0 Å². The van der Waals surface area contributed by atoms with E-state index in [0.29, 0.717) is 17.3 Å². The fourth-order valence-corrected chi connectivity index (χ4v) is 10.4. The van der Waals surface area contributed by atoms with Gasteiger partial charge in [-0.05, 0) is 103 Å². The quantitative estimate of drug-likeness (QED) is 0.161. The van der Waals surface area contributed by atoms with Crippen LogP contribution in [-0.2, 0) is 16.0 Å². The lowest BCUT2D eigenvalue weighted by atomic mass is 9.47. The Bertz CT molecular complexity index is 1020. The van der Waals surface area contributed by atoms with Crippen molar-refractivity contribution in [2.75, 3.05) is 0 Å². The third kappa shape index (κ3) is 5.96. The highest BCUT2D eigenvalue weighted by Gasteiger charge is 2.59. The summed E-state index contributed by atoms with van der Waals surface area (Å²) in [6.45, 7) is 12.6. The number of carbonyl (C=O) groups excluding carboxylic acids is 1. The van der Waals surface area contributed by atoms with Crippen molar-refractivity contribution in [1.29, 1.82) is 0 Å². The van der Waals surface area contributed by atoms with Crippen LogP contribution in [-0.4, -0.2) is 16.9 Å².